The number of nitrogens with zero attached hydrogens (tertiary/aromatic N) is 2. The Bertz CT molecular complexity index is 1560. The predicted molar refractivity (Wildman–Crippen MR) is 178 cm³/mol. The molecule has 11 heteroatoms. The molecular weight excluding hydrogens is 612 g/mol. The normalized spacial score (nSPS) is 23.0. The molecule has 0 aliphatic carbocycles. The van der Waals surface area contributed by atoms with Gasteiger partial charge in [0.2, 0.25) is 5.91 Å². The van der Waals surface area contributed by atoms with E-state index in [1.807, 2.05) is 66.7 Å². The Morgan fingerprint density at radius 1 is 0.979 bits per heavy atom. The zero-order valence-corrected chi connectivity index (χ0v) is 27.5. The summed E-state index contributed by atoms with van der Waals surface area (Å²) in [7, 11) is 0. The first-order valence-corrected chi connectivity index (χ1v) is 16.6. The number of hydrogen-bond acceptors (Lipinski definition) is 9. The summed E-state index contributed by atoms with van der Waals surface area (Å²) in [6.07, 6.45) is 0.309. The number of para-hydroxylation sites is 1. The van der Waals surface area contributed by atoms with Crippen LogP contribution < -0.4 is 15.5 Å². The van der Waals surface area contributed by atoms with Crippen molar-refractivity contribution >= 4 is 23.5 Å². The van der Waals surface area contributed by atoms with Crippen LogP contribution >= 0.6 is 0 Å². The van der Waals surface area contributed by atoms with Gasteiger partial charge in [-0.2, -0.15) is 0 Å². The number of rotatable bonds is 10. The fraction of sp³-hybridized carbons (Fsp3) is 0.432. The molecule has 6 rings (SSSR count). The number of carbonyl (C=O) groups excluding carboxylic acids is 3. The standard InChI is InChI=1S/C37H44N4O7/c1-25(46-26(2)43)34(44)38-21-27-8-14-30(15-9-27)35-47-32(20-33(48-35)29-12-10-28(23-42)11-13-29)22-40-18-16-37(17-19-40)36(45)39-24-41(37)31-6-4-3-5-7-31/h3-15,25,32-33,35,42H,16-24H2,1-2H3,(H,38,44)(H,39,45)/t25-,32-,33+,35?/m0/s1. The van der Waals surface area contributed by atoms with E-state index in [4.69, 9.17) is 14.2 Å². The smallest absolute Gasteiger partial charge is 0.303 e. The Morgan fingerprint density at radius 3 is 2.31 bits per heavy atom. The van der Waals surface area contributed by atoms with Gasteiger partial charge in [-0.3, -0.25) is 14.4 Å². The highest BCUT2D eigenvalue weighted by molar-refractivity contribution is 5.93. The van der Waals surface area contributed by atoms with Crippen molar-refractivity contribution in [2.45, 2.75) is 76.4 Å². The molecular formula is C37H44N4O7. The van der Waals surface area contributed by atoms with Gasteiger partial charge in [0, 0.05) is 50.8 Å². The molecule has 3 fully saturated rings. The van der Waals surface area contributed by atoms with Crippen molar-refractivity contribution in [2.75, 3.05) is 31.2 Å². The number of ether oxygens (including phenoxy) is 3. The number of hydrogen-bond donors (Lipinski definition) is 3. The maximum absolute atomic E-state index is 13.2. The number of esters is 1. The molecule has 1 unspecified atom stereocenters. The molecule has 4 atom stereocenters. The summed E-state index contributed by atoms with van der Waals surface area (Å²) >= 11 is 0. The molecule has 3 aromatic rings. The largest absolute Gasteiger partial charge is 0.453 e. The highest BCUT2D eigenvalue weighted by Gasteiger charge is 2.50. The molecule has 254 valence electrons. The summed E-state index contributed by atoms with van der Waals surface area (Å²) in [5.74, 6) is -0.770. The van der Waals surface area contributed by atoms with E-state index in [2.05, 4.69) is 32.6 Å². The molecule has 0 radical (unpaired) electrons. The lowest BCUT2D eigenvalue weighted by molar-refractivity contribution is -0.253. The van der Waals surface area contributed by atoms with E-state index >= 15 is 0 Å². The van der Waals surface area contributed by atoms with Gasteiger partial charge in [0.25, 0.3) is 5.91 Å². The second kappa shape index (κ2) is 14.9. The average Bonchev–Trinajstić information content (AvgIpc) is 3.42. The SMILES string of the molecule is CC(=O)O[C@@H](C)C(=O)NCc1ccc(C2O[C@H](CN3CCC4(CC3)C(=O)NCN4c3ccccc3)C[C@H](c3ccc(CO)cc3)O2)cc1. The van der Waals surface area contributed by atoms with Gasteiger partial charge in [-0.1, -0.05) is 66.7 Å². The Kier molecular flexibility index (Phi) is 10.4. The van der Waals surface area contributed by atoms with E-state index in [1.54, 1.807) is 0 Å². The first-order valence-electron chi connectivity index (χ1n) is 16.6. The van der Waals surface area contributed by atoms with Gasteiger partial charge in [-0.05, 0) is 48.6 Å². The third kappa shape index (κ3) is 7.55. The van der Waals surface area contributed by atoms with Crippen molar-refractivity contribution < 1.29 is 33.7 Å². The maximum atomic E-state index is 13.2. The van der Waals surface area contributed by atoms with Crippen LogP contribution in [0.1, 0.15) is 67.8 Å². The Labute approximate surface area is 281 Å². The minimum absolute atomic E-state index is 0.0220. The summed E-state index contributed by atoms with van der Waals surface area (Å²) in [5.41, 5.74) is 4.11. The highest BCUT2D eigenvalue weighted by Crippen LogP contribution is 2.40. The van der Waals surface area contributed by atoms with Crippen LogP contribution in [-0.2, 0) is 41.7 Å². The van der Waals surface area contributed by atoms with Crippen LogP contribution in [0.2, 0.25) is 0 Å². The summed E-state index contributed by atoms with van der Waals surface area (Å²) < 4.78 is 18.1. The van der Waals surface area contributed by atoms with E-state index in [0.29, 0.717) is 19.6 Å². The van der Waals surface area contributed by atoms with Crippen molar-refractivity contribution in [3.05, 3.63) is 101 Å². The quantitative estimate of drug-likeness (QED) is 0.280. The Morgan fingerprint density at radius 2 is 1.65 bits per heavy atom. The minimum atomic E-state index is -0.866. The fourth-order valence-electron chi connectivity index (χ4n) is 6.89. The number of benzene rings is 3. The van der Waals surface area contributed by atoms with Gasteiger partial charge < -0.3 is 39.8 Å². The zero-order valence-electron chi connectivity index (χ0n) is 27.5. The molecule has 2 amide bonds. The molecule has 3 N–H and O–H groups in total. The van der Waals surface area contributed by atoms with Crippen molar-refractivity contribution in [3.8, 4) is 0 Å². The van der Waals surface area contributed by atoms with Gasteiger partial charge >= 0.3 is 5.97 Å². The highest BCUT2D eigenvalue weighted by atomic mass is 16.7. The van der Waals surface area contributed by atoms with Gasteiger partial charge in [-0.25, -0.2) is 0 Å². The number of carbonyl (C=O) groups is 3. The van der Waals surface area contributed by atoms with Crippen molar-refractivity contribution in [1.29, 1.82) is 0 Å². The Balaban J connectivity index is 1.12. The lowest BCUT2D eigenvalue weighted by Gasteiger charge is -2.45. The molecule has 3 saturated heterocycles. The van der Waals surface area contributed by atoms with E-state index < -0.39 is 23.9 Å². The van der Waals surface area contributed by atoms with Crippen LogP contribution in [0.3, 0.4) is 0 Å². The van der Waals surface area contributed by atoms with Gasteiger partial charge in [0.15, 0.2) is 12.4 Å². The molecule has 3 heterocycles. The molecule has 3 aromatic carbocycles. The van der Waals surface area contributed by atoms with Gasteiger partial charge in [0.05, 0.1) is 25.5 Å². The molecule has 11 nitrogen and oxygen atoms in total. The predicted octanol–water partition coefficient (Wildman–Crippen LogP) is 3.72. The zero-order chi connectivity index (χ0) is 33.7. The lowest BCUT2D eigenvalue weighted by atomic mass is 9.85. The van der Waals surface area contributed by atoms with Crippen LogP contribution in [0.4, 0.5) is 5.69 Å². The monoisotopic (exact) mass is 656 g/mol. The van der Waals surface area contributed by atoms with Crippen molar-refractivity contribution in [2.24, 2.45) is 0 Å². The van der Waals surface area contributed by atoms with E-state index in [-0.39, 0.29) is 37.2 Å². The summed E-state index contributed by atoms with van der Waals surface area (Å²) in [4.78, 5) is 41.2. The topological polar surface area (TPSA) is 130 Å². The van der Waals surface area contributed by atoms with Crippen LogP contribution in [0.5, 0.6) is 0 Å². The minimum Gasteiger partial charge on any atom is -0.453 e. The lowest BCUT2D eigenvalue weighted by Crippen LogP contribution is -2.57. The molecule has 3 aliphatic heterocycles. The average molecular weight is 657 g/mol. The number of aliphatic hydroxyl groups excluding tert-OH is 1. The fourth-order valence-corrected chi connectivity index (χ4v) is 6.89. The first kappa shape index (κ1) is 33.6. The van der Waals surface area contributed by atoms with Crippen molar-refractivity contribution in [1.82, 2.24) is 15.5 Å². The number of nitrogens with one attached hydrogen (secondary N) is 2. The number of amides is 2. The van der Waals surface area contributed by atoms with Crippen molar-refractivity contribution in [3.63, 3.8) is 0 Å². The maximum Gasteiger partial charge on any atom is 0.303 e. The molecule has 0 aromatic heterocycles. The third-order valence-corrected chi connectivity index (χ3v) is 9.60. The number of piperidine rings is 1. The third-order valence-electron chi connectivity index (χ3n) is 9.60. The molecule has 0 saturated carbocycles. The molecule has 3 aliphatic rings. The Hall–Kier alpha value is -4.29. The van der Waals surface area contributed by atoms with Gasteiger partial charge in [-0.15, -0.1) is 0 Å². The number of aliphatic hydroxyl groups is 1. The number of anilines is 1. The first-order chi connectivity index (χ1) is 23.2. The van der Waals surface area contributed by atoms with Crippen LogP contribution in [0.15, 0.2) is 78.9 Å². The summed E-state index contributed by atoms with van der Waals surface area (Å²) in [6.45, 7) is 5.84. The van der Waals surface area contributed by atoms with Crippen LogP contribution in [-0.4, -0.2) is 71.8 Å². The second-order valence-corrected chi connectivity index (χ2v) is 12.8. The van der Waals surface area contributed by atoms with Crippen LogP contribution in [0, 0.1) is 0 Å². The number of likely N-dealkylation sites (tertiary alicyclic amines) is 1. The van der Waals surface area contributed by atoms with Crippen LogP contribution in [0.25, 0.3) is 0 Å². The second-order valence-electron chi connectivity index (χ2n) is 12.8. The molecule has 48 heavy (non-hydrogen) atoms. The van der Waals surface area contributed by atoms with E-state index in [9.17, 15) is 19.5 Å². The summed E-state index contributed by atoms with van der Waals surface area (Å²) in [5, 5.41) is 15.4. The molecule has 1 spiro atoms. The summed E-state index contributed by atoms with van der Waals surface area (Å²) in [6, 6.07) is 25.7. The van der Waals surface area contributed by atoms with E-state index in [1.165, 1.54) is 13.8 Å². The van der Waals surface area contributed by atoms with Gasteiger partial charge in [0.1, 0.15) is 5.54 Å². The molecule has 0 bridgehead atoms. The van der Waals surface area contributed by atoms with E-state index in [0.717, 1.165) is 53.9 Å².